The zero-order valence-electron chi connectivity index (χ0n) is 19.0. The minimum Gasteiger partial charge on any atom is -0.870 e. The molecule has 164 valence electrons. The lowest BCUT2D eigenvalue weighted by molar-refractivity contribution is -0.906. The lowest BCUT2D eigenvalue weighted by Gasteiger charge is -2.23. The highest BCUT2D eigenvalue weighted by Gasteiger charge is 2.11. The van der Waals surface area contributed by atoms with Gasteiger partial charge in [-0.2, -0.15) is 0 Å². The Bertz CT molecular complexity index is 314. The summed E-state index contributed by atoms with van der Waals surface area (Å²) in [4.78, 5) is 11.7. The molecule has 4 heteroatoms. The number of nitrogens with zero attached hydrogens (tertiary/aromatic N) is 1. The Morgan fingerprint density at radius 2 is 0.889 bits per heavy atom. The minimum atomic E-state index is 0. The van der Waals surface area contributed by atoms with Gasteiger partial charge in [0.1, 0.15) is 0 Å². The van der Waals surface area contributed by atoms with Crippen LogP contribution < -0.4 is 5.43 Å². The summed E-state index contributed by atoms with van der Waals surface area (Å²) in [5.74, 6) is 0.179. The Morgan fingerprint density at radius 1 is 0.593 bits per heavy atom. The topological polar surface area (TPSA) is 59.1 Å². The summed E-state index contributed by atoms with van der Waals surface area (Å²) in [5, 5.41) is 0. The molecule has 4 nitrogen and oxygen atoms in total. The van der Waals surface area contributed by atoms with Gasteiger partial charge in [-0.1, -0.05) is 110 Å². The molecule has 0 heterocycles. The predicted octanol–water partition coefficient (Wildman–Crippen LogP) is 6.59. The number of carbonyl (C=O) groups is 1. The number of carbonyl (C=O) groups excluding carboxylic acids is 1. The van der Waals surface area contributed by atoms with Crippen LogP contribution in [0.1, 0.15) is 122 Å². The van der Waals surface area contributed by atoms with E-state index in [0.29, 0.717) is 11.0 Å². The van der Waals surface area contributed by atoms with Gasteiger partial charge >= 0.3 is 0 Å². The minimum absolute atomic E-state index is 0. The molecule has 0 spiro atoms. The van der Waals surface area contributed by atoms with Gasteiger partial charge in [0, 0.05) is 6.42 Å². The van der Waals surface area contributed by atoms with Gasteiger partial charge in [-0.25, -0.2) is 10.0 Å². The quantitative estimate of drug-likeness (QED) is 0.155. The first-order valence-electron chi connectivity index (χ1n) is 11.6. The molecule has 0 aliphatic carbocycles. The largest absolute Gasteiger partial charge is 0.870 e. The van der Waals surface area contributed by atoms with E-state index in [-0.39, 0.29) is 11.4 Å². The fraction of sp³-hybridized carbons (Fsp3) is 0.957. The molecule has 0 saturated carbocycles. The van der Waals surface area contributed by atoms with Gasteiger partial charge in [-0.3, -0.25) is 4.79 Å². The SMILES string of the molecule is CCCCCCCCCCCCCCCCCCCC(=O)N[N+](C)(C)C.[OH-]. The van der Waals surface area contributed by atoms with E-state index in [1.807, 2.05) is 21.1 Å². The average Bonchev–Trinajstić information content (AvgIpc) is 2.56. The second kappa shape index (κ2) is 20.1. The van der Waals surface area contributed by atoms with Gasteiger partial charge in [-0.15, -0.1) is 0 Å². The highest BCUT2D eigenvalue weighted by Crippen LogP contribution is 2.14. The third-order valence-corrected chi connectivity index (χ3v) is 4.97. The van der Waals surface area contributed by atoms with Crippen molar-refractivity contribution in [2.75, 3.05) is 21.1 Å². The van der Waals surface area contributed by atoms with E-state index in [4.69, 9.17) is 0 Å². The first kappa shape index (κ1) is 28.6. The molecule has 0 aromatic rings. The van der Waals surface area contributed by atoms with Gasteiger partial charge in [0.05, 0.1) is 21.1 Å². The summed E-state index contributed by atoms with van der Waals surface area (Å²) in [6.07, 6.45) is 24.1. The van der Waals surface area contributed by atoms with Crippen LogP contribution in [0, 0.1) is 0 Å². The predicted molar refractivity (Wildman–Crippen MR) is 117 cm³/mol. The fourth-order valence-corrected chi connectivity index (χ4v) is 3.44. The molecule has 0 fully saturated rings. The first-order chi connectivity index (χ1) is 12.5. The molecule has 1 amide bonds. The fourth-order valence-electron chi connectivity index (χ4n) is 3.44. The van der Waals surface area contributed by atoms with Crippen molar-refractivity contribution in [1.29, 1.82) is 0 Å². The molecule has 0 saturated heterocycles. The van der Waals surface area contributed by atoms with Crippen molar-refractivity contribution < 1.29 is 14.9 Å². The summed E-state index contributed by atoms with van der Waals surface area (Å²) in [6, 6.07) is 0. The summed E-state index contributed by atoms with van der Waals surface area (Å²) in [6.45, 7) is 2.29. The van der Waals surface area contributed by atoms with Crippen molar-refractivity contribution in [2.45, 2.75) is 122 Å². The summed E-state index contributed by atoms with van der Waals surface area (Å²) >= 11 is 0. The monoisotopic (exact) mass is 386 g/mol. The lowest BCUT2D eigenvalue weighted by Crippen LogP contribution is -2.51. The average molecular weight is 387 g/mol. The Kier molecular flexibility index (Phi) is 21.3. The zero-order chi connectivity index (χ0) is 19.5. The van der Waals surface area contributed by atoms with E-state index in [9.17, 15) is 4.79 Å². The molecule has 2 N–H and O–H groups in total. The van der Waals surface area contributed by atoms with Crippen molar-refractivity contribution >= 4 is 5.91 Å². The van der Waals surface area contributed by atoms with Crippen LogP contribution in [0.5, 0.6) is 0 Å². The highest BCUT2D eigenvalue weighted by molar-refractivity contribution is 5.74. The maximum Gasteiger partial charge on any atom is 0.264 e. The van der Waals surface area contributed by atoms with Crippen LogP contribution in [0.15, 0.2) is 0 Å². The molecule has 0 aliphatic rings. The molecule has 0 unspecified atom stereocenters. The zero-order valence-corrected chi connectivity index (χ0v) is 19.0. The molecule has 27 heavy (non-hydrogen) atoms. The van der Waals surface area contributed by atoms with Gasteiger partial charge in [0.15, 0.2) is 0 Å². The molecular formula is C23H50N2O2. The van der Waals surface area contributed by atoms with E-state index in [1.165, 1.54) is 103 Å². The van der Waals surface area contributed by atoms with Crippen LogP contribution >= 0.6 is 0 Å². The molecule has 0 aliphatic heterocycles. The molecule has 0 bridgehead atoms. The molecule has 0 radical (unpaired) electrons. The standard InChI is InChI=1S/C23H48N2O.H2O/c1-5-6-7-8-9-10-11-12-13-14-15-16-17-18-19-20-21-22-23(26)24-25(2,3)4;/h5-22H2,1-4H3;1H2. The van der Waals surface area contributed by atoms with Crippen LogP contribution in [-0.2, 0) is 4.79 Å². The van der Waals surface area contributed by atoms with Gasteiger partial charge in [-0.05, 0) is 6.42 Å². The first-order valence-corrected chi connectivity index (χ1v) is 11.6. The number of quaternary nitrogens is 1. The van der Waals surface area contributed by atoms with Crippen molar-refractivity contribution in [2.24, 2.45) is 0 Å². The third-order valence-electron chi connectivity index (χ3n) is 4.97. The molecule has 0 aromatic heterocycles. The van der Waals surface area contributed by atoms with Crippen molar-refractivity contribution in [1.82, 2.24) is 5.43 Å². The Hall–Kier alpha value is -0.610. The van der Waals surface area contributed by atoms with E-state index in [0.717, 1.165) is 6.42 Å². The van der Waals surface area contributed by atoms with E-state index in [2.05, 4.69) is 12.3 Å². The second-order valence-electron chi connectivity index (χ2n) is 8.95. The smallest absolute Gasteiger partial charge is 0.264 e. The molecule has 0 aromatic carbocycles. The van der Waals surface area contributed by atoms with Gasteiger partial charge in [0.2, 0.25) is 0 Å². The highest BCUT2D eigenvalue weighted by atomic mass is 16.2. The van der Waals surface area contributed by atoms with Crippen LogP contribution in [0.3, 0.4) is 0 Å². The molecule has 0 rings (SSSR count). The Balaban J connectivity index is 0. The van der Waals surface area contributed by atoms with Crippen molar-refractivity contribution in [3.05, 3.63) is 0 Å². The summed E-state index contributed by atoms with van der Waals surface area (Å²) in [7, 11) is 5.94. The number of amides is 1. The Morgan fingerprint density at radius 3 is 1.19 bits per heavy atom. The third kappa shape index (κ3) is 25.4. The number of nitrogens with one attached hydrogen (secondary N) is 1. The number of unbranched alkanes of at least 4 members (excludes halogenated alkanes) is 16. The van der Waals surface area contributed by atoms with E-state index in [1.54, 1.807) is 0 Å². The van der Waals surface area contributed by atoms with E-state index < -0.39 is 0 Å². The second-order valence-corrected chi connectivity index (χ2v) is 8.95. The molecular weight excluding hydrogens is 336 g/mol. The lowest BCUT2D eigenvalue weighted by atomic mass is 10.0. The number of rotatable bonds is 19. The maximum atomic E-state index is 11.7. The summed E-state index contributed by atoms with van der Waals surface area (Å²) in [5.41, 5.74) is 2.97. The van der Waals surface area contributed by atoms with Gasteiger partial charge in [0.25, 0.3) is 5.91 Å². The molecule has 0 atom stereocenters. The number of hydrogen-bond acceptors (Lipinski definition) is 2. The van der Waals surface area contributed by atoms with Crippen LogP contribution in [0.25, 0.3) is 0 Å². The van der Waals surface area contributed by atoms with Crippen LogP contribution in [0.2, 0.25) is 0 Å². The van der Waals surface area contributed by atoms with Gasteiger partial charge < -0.3 is 5.48 Å². The Labute approximate surface area is 170 Å². The van der Waals surface area contributed by atoms with Crippen LogP contribution in [0.4, 0.5) is 0 Å². The van der Waals surface area contributed by atoms with Crippen LogP contribution in [-0.4, -0.2) is 37.1 Å². The van der Waals surface area contributed by atoms with Crippen molar-refractivity contribution in [3.63, 3.8) is 0 Å². The number of hydrogen-bond donors (Lipinski definition) is 1. The van der Waals surface area contributed by atoms with E-state index >= 15 is 0 Å². The van der Waals surface area contributed by atoms with Crippen molar-refractivity contribution in [3.8, 4) is 0 Å². The normalized spacial score (nSPS) is 11.3. The summed E-state index contributed by atoms with van der Waals surface area (Å²) < 4.78 is 0.512. The maximum absolute atomic E-state index is 11.7.